The Kier molecular flexibility index (Phi) is 7.75. The van der Waals surface area contributed by atoms with Gasteiger partial charge in [-0.1, -0.05) is 52.8 Å². The minimum absolute atomic E-state index is 0.152. The number of oxime groups is 1. The summed E-state index contributed by atoms with van der Waals surface area (Å²) in [5.74, 6) is -0.0745. The molecule has 0 radical (unpaired) electrons. The van der Waals surface area contributed by atoms with Crippen LogP contribution in [0.4, 0.5) is 0 Å². The van der Waals surface area contributed by atoms with Gasteiger partial charge in [-0.25, -0.2) is 0 Å². The number of carbonyl (C=O) groups is 1. The molecule has 0 aliphatic carbocycles. The Morgan fingerprint density at radius 1 is 1.13 bits per heavy atom. The normalized spacial score (nSPS) is 12.4. The van der Waals surface area contributed by atoms with Crippen molar-refractivity contribution < 1.29 is 24.0 Å². The molecule has 31 heavy (non-hydrogen) atoms. The van der Waals surface area contributed by atoms with Gasteiger partial charge in [0.2, 0.25) is 0 Å². The van der Waals surface area contributed by atoms with E-state index < -0.39 is 11.9 Å². The summed E-state index contributed by atoms with van der Waals surface area (Å²) < 4.78 is 11.0. The molecule has 1 N–H and O–H groups in total. The van der Waals surface area contributed by atoms with Crippen LogP contribution in [0.5, 0.6) is 5.75 Å². The summed E-state index contributed by atoms with van der Waals surface area (Å²) in [5, 5.41) is 17.3. The van der Waals surface area contributed by atoms with Gasteiger partial charge in [0.15, 0.2) is 12.4 Å². The predicted molar refractivity (Wildman–Crippen MR) is 114 cm³/mol. The molecule has 0 fully saturated rings. The Balaban J connectivity index is 1.54. The Hall–Kier alpha value is -3.68. The van der Waals surface area contributed by atoms with Crippen molar-refractivity contribution in [1.82, 2.24) is 10.1 Å². The third-order valence-electron chi connectivity index (χ3n) is 4.58. The molecule has 8 nitrogen and oxygen atoms in total. The van der Waals surface area contributed by atoms with Crippen molar-refractivity contribution in [2.75, 3.05) is 6.61 Å². The molecule has 1 atom stereocenters. The Morgan fingerprint density at radius 3 is 2.55 bits per heavy atom. The lowest BCUT2D eigenvalue weighted by atomic mass is 9.95. The molecular weight excluding hydrogens is 398 g/mol. The van der Waals surface area contributed by atoms with Crippen molar-refractivity contribution in [2.24, 2.45) is 11.1 Å². The van der Waals surface area contributed by atoms with Gasteiger partial charge in [-0.3, -0.25) is 4.79 Å². The number of hydrogen-bond acceptors (Lipinski definition) is 7. The predicted octanol–water partition coefficient (Wildman–Crippen LogP) is 3.90. The molecule has 1 unspecified atom stereocenters. The van der Waals surface area contributed by atoms with E-state index in [0.29, 0.717) is 42.6 Å². The Morgan fingerprint density at radius 2 is 1.87 bits per heavy atom. The minimum atomic E-state index is -0.941. The average molecular weight is 423 g/mol. The molecule has 0 aliphatic rings. The number of benzene rings is 2. The summed E-state index contributed by atoms with van der Waals surface area (Å²) >= 11 is 0. The van der Waals surface area contributed by atoms with Crippen LogP contribution in [0.3, 0.4) is 0 Å². The summed E-state index contributed by atoms with van der Waals surface area (Å²) in [5.41, 5.74) is 2.39. The third-order valence-corrected chi connectivity index (χ3v) is 4.58. The molecule has 0 amide bonds. The van der Waals surface area contributed by atoms with Crippen LogP contribution < -0.4 is 4.74 Å². The maximum atomic E-state index is 11.6. The van der Waals surface area contributed by atoms with Crippen LogP contribution in [0.2, 0.25) is 0 Å². The SMILES string of the molecule is CCON=C(C)C(Cc1ccc(OCc2nc(Cc3ccccc3)no2)cc1)C(=O)O. The quantitative estimate of drug-likeness (QED) is 0.368. The summed E-state index contributed by atoms with van der Waals surface area (Å²) in [6.07, 6.45) is 0.903. The molecular formula is C23H25N3O5. The van der Waals surface area contributed by atoms with Crippen molar-refractivity contribution in [3.05, 3.63) is 77.4 Å². The van der Waals surface area contributed by atoms with Gasteiger partial charge in [0.05, 0.1) is 5.71 Å². The van der Waals surface area contributed by atoms with Crippen LogP contribution in [-0.4, -0.2) is 33.5 Å². The van der Waals surface area contributed by atoms with E-state index in [4.69, 9.17) is 14.1 Å². The second-order valence-electron chi connectivity index (χ2n) is 6.94. The second-order valence-corrected chi connectivity index (χ2v) is 6.94. The van der Waals surface area contributed by atoms with Crippen molar-refractivity contribution in [1.29, 1.82) is 0 Å². The van der Waals surface area contributed by atoms with Gasteiger partial charge in [-0.15, -0.1) is 0 Å². The first-order chi connectivity index (χ1) is 15.0. The maximum absolute atomic E-state index is 11.6. The van der Waals surface area contributed by atoms with Gasteiger partial charge in [0.1, 0.15) is 18.3 Å². The maximum Gasteiger partial charge on any atom is 0.312 e. The van der Waals surface area contributed by atoms with Crippen LogP contribution in [0.1, 0.15) is 36.7 Å². The van der Waals surface area contributed by atoms with E-state index in [9.17, 15) is 9.90 Å². The molecule has 0 spiro atoms. The van der Waals surface area contributed by atoms with E-state index in [0.717, 1.165) is 11.1 Å². The van der Waals surface area contributed by atoms with Crippen molar-refractivity contribution in [3.63, 3.8) is 0 Å². The fourth-order valence-electron chi connectivity index (χ4n) is 2.95. The number of aliphatic carboxylic acids is 1. The van der Waals surface area contributed by atoms with Gasteiger partial charge in [0, 0.05) is 6.42 Å². The third kappa shape index (κ3) is 6.67. The summed E-state index contributed by atoms with van der Waals surface area (Å²) in [4.78, 5) is 20.9. The lowest BCUT2D eigenvalue weighted by molar-refractivity contribution is -0.139. The molecule has 0 bridgehead atoms. The fraction of sp³-hybridized carbons (Fsp3) is 0.304. The Labute approximate surface area is 180 Å². The van der Waals surface area contributed by atoms with Crippen LogP contribution in [0.25, 0.3) is 0 Å². The van der Waals surface area contributed by atoms with E-state index in [1.807, 2.05) is 42.5 Å². The Bertz CT molecular complexity index is 1000. The second kappa shape index (κ2) is 10.9. The van der Waals surface area contributed by atoms with E-state index in [2.05, 4.69) is 15.3 Å². The number of carboxylic acid groups (broad SMARTS) is 1. The zero-order chi connectivity index (χ0) is 22.1. The highest BCUT2D eigenvalue weighted by molar-refractivity contribution is 6.00. The van der Waals surface area contributed by atoms with Gasteiger partial charge in [-0.05, 0) is 43.5 Å². The van der Waals surface area contributed by atoms with Gasteiger partial charge >= 0.3 is 5.97 Å². The van der Waals surface area contributed by atoms with E-state index in [1.165, 1.54) is 0 Å². The molecule has 8 heteroatoms. The van der Waals surface area contributed by atoms with E-state index in [1.54, 1.807) is 26.0 Å². The highest BCUT2D eigenvalue weighted by Crippen LogP contribution is 2.18. The van der Waals surface area contributed by atoms with Crippen LogP contribution in [0.15, 0.2) is 64.3 Å². The van der Waals surface area contributed by atoms with Gasteiger partial charge in [-0.2, -0.15) is 4.98 Å². The first-order valence-corrected chi connectivity index (χ1v) is 10.0. The number of rotatable bonds is 11. The van der Waals surface area contributed by atoms with Crippen molar-refractivity contribution >= 4 is 11.7 Å². The topological polar surface area (TPSA) is 107 Å². The first-order valence-electron chi connectivity index (χ1n) is 10.0. The smallest absolute Gasteiger partial charge is 0.312 e. The lowest BCUT2D eigenvalue weighted by Gasteiger charge is -2.12. The molecule has 1 aromatic heterocycles. The molecule has 0 aliphatic heterocycles. The standard InChI is InChI=1S/C23H25N3O5/c1-3-30-25-16(2)20(23(27)28)13-18-9-11-19(12-10-18)29-15-22-24-21(26-31-22)14-17-7-5-4-6-8-17/h4-12,20H,3,13-15H2,1-2H3,(H,27,28). The monoisotopic (exact) mass is 423 g/mol. The highest BCUT2D eigenvalue weighted by Gasteiger charge is 2.22. The molecule has 1 heterocycles. The molecule has 3 aromatic rings. The van der Waals surface area contributed by atoms with Crippen molar-refractivity contribution in [2.45, 2.75) is 33.3 Å². The number of nitrogens with zero attached hydrogens (tertiary/aromatic N) is 3. The average Bonchev–Trinajstić information content (AvgIpc) is 3.23. The molecule has 0 saturated carbocycles. The number of aromatic nitrogens is 2. The zero-order valence-corrected chi connectivity index (χ0v) is 17.5. The number of carboxylic acids is 1. The van der Waals surface area contributed by atoms with Crippen molar-refractivity contribution in [3.8, 4) is 5.75 Å². The highest BCUT2D eigenvalue weighted by atomic mass is 16.6. The summed E-state index contributed by atoms with van der Waals surface area (Å²) in [7, 11) is 0. The largest absolute Gasteiger partial charge is 0.484 e. The molecule has 2 aromatic carbocycles. The fourth-order valence-corrected chi connectivity index (χ4v) is 2.95. The minimum Gasteiger partial charge on any atom is -0.484 e. The molecule has 0 saturated heterocycles. The van der Waals surface area contributed by atoms with Crippen LogP contribution in [0, 0.1) is 5.92 Å². The lowest BCUT2D eigenvalue weighted by Crippen LogP contribution is -2.24. The summed E-state index contributed by atoms with van der Waals surface area (Å²) in [6.45, 7) is 3.99. The first kappa shape index (κ1) is 22.0. The van der Waals surface area contributed by atoms with Crippen LogP contribution in [-0.2, 0) is 29.1 Å². The van der Waals surface area contributed by atoms with Crippen LogP contribution >= 0.6 is 0 Å². The van der Waals surface area contributed by atoms with E-state index in [-0.39, 0.29) is 6.61 Å². The number of ether oxygens (including phenoxy) is 1. The van der Waals surface area contributed by atoms with E-state index >= 15 is 0 Å². The van der Waals surface area contributed by atoms with Gasteiger partial charge in [0.25, 0.3) is 5.89 Å². The summed E-state index contributed by atoms with van der Waals surface area (Å²) in [6, 6.07) is 17.1. The molecule has 3 rings (SSSR count). The van der Waals surface area contributed by atoms with Gasteiger partial charge < -0.3 is 19.2 Å². The zero-order valence-electron chi connectivity index (χ0n) is 17.5. The molecule has 162 valence electrons. The number of hydrogen-bond donors (Lipinski definition) is 1.